The number of hydrogen-bond acceptors (Lipinski definition) is 6. The fourth-order valence-corrected chi connectivity index (χ4v) is 6.15. The summed E-state index contributed by atoms with van der Waals surface area (Å²) in [5, 5.41) is 6.08. The van der Waals surface area contributed by atoms with Gasteiger partial charge in [0.25, 0.3) is 6.43 Å². The molecule has 0 bridgehead atoms. The minimum Gasteiger partial charge on any atom is -0.439 e. The molecule has 0 spiro atoms. The van der Waals surface area contributed by atoms with Gasteiger partial charge in [0.1, 0.15) is 22.4 Å². The molecular formula is C27H18ClF3N2O3S2. The minimum absolute atomic E-state index is 0.0261. The number of ether oxygens (including phenoxy) is 1. The Labute approximate surface area is 229 Å². The molecule has 3 heterocycles. The van der Waals surface area contributed by atoms with Crippen LogP contribution in [0.2, 0.25) is 5.02 Å². The molecule has 1 fully saturated rings. The average Bonchev–Trinajstić information content (AvgIpc) is 3.44. The Morgan fingerprint density at radius 1 is 1.11 bits per heavy atom. The van der Waals surface area contributed by atoms with Crippen LogP contribution in [0, 0.1) is 5.82 Å². The number of carbonyl (C=O) groups is 2. The van der Waals surface area contributed by atoms with Gasteiger partial charge < -0.3 is 10.1 Å². The van der Waals surface area contributed by atoms with Crippen LogP contribution in [-0.2, 0) is 15.1 Å². The Morgan fingerprint density at radius 2 is 1.92 bits per heavy atom. The highest BCUT2D eigenvalue weighted by Gasteiger charge is 2.48. The number of alkyl halides is 2. The molecule has 2 unspecified atom stereocenters. The zero-order chi connectivity index (χ0) is 26.9. The molecule has 2 atom stereocenters. The van der Waals surface area contributed by atoms with Gasteiger partial charge in [0.15, 0.2) is 5.78 Å². The zero-order valence-corrected chi connectivity index (χ0v) is 21.8. The van der Waals surface area contributed by atoms with Crippen molar-refractivity contribution in [1.82, 2.24) is 10.3 Å². The monoisotopic (exact) mass is 574 g/mol. The molecule has 2 aromatic heterocycles. The number of piperidine rings is 1. The molecule has 4 aromatic rings. The highest BCUT2D eigenvalue weighted by atomic mass is 35.5. The molecule has 0 aliphatic carbocycles. The van der Waals surface area contributed by atoms with Crippen LogP contribution in [0.4, 0.5) is 13.2 Å². The van der Waals surface area contributed by atoms with Crippen LogP contribution >= 0.6 is 34.7 Å². The van der Waals surface area contributed by atoms with Gasteiger partial charge in [-0.3, -0.25) is 9.59 Å². The molecule has 0 radical (unpaired) electrons. The van der Waals surface area contributed by atoms with E-state index in [1.165, 1.54) is 23.5 Å². The van der Waals surface area contributed by atoms with Crippen molar-refractivity contribution in [2.24, 2.45) is 0 Å². The first-order valence-corrected chi connectivity index (χ1v) is 13.5. The molecule has 1 amide bonds. The fourth-order valence-electron chi connectivity index (χ4n) is 4.17. The molecule has 5 rings (SSSR count). The van der Waals surface area contributed by atoms with E-state index in [4.69, 9.17) is 16.3 Å². The van der Waals surface area contributed by atoms with Gasteiger partial charge >= 0.3 is 0 Å². The lowest BCUT2D eigenvalue weighted by atomic mass is 9.79. The van der Waals surface area contributed by atoms with Crippen LogP contribution in [0.15, 0.2) is 82.4 Å². The van der Waals surface area contributed by atoms with Gasteiger partial charge in [-0.05, 0) is 58.8 Å². The van der Waals surface area contributed by atoms with Crippen molar-refractivity contribution >= 4 is 46.4 Å². The van der Waals surface area contributed by atoms with E-state index in [2.05, 4.69) is 10.3 Å². The van der Waals surface area contributed by atoms with E-state index < -0.39 is 34.5 Å². The van der Waals surface area contributed by atoms with E-state index in [0.717, 1.165) is 23.9 Å². The first kappa shape index (κ1) is 26.3. The first-order valence-electron chi connectivity index (χ1n) is 11.3. The van der Waals surface area contributed by atoms with Crippen LogP contribution in [-0.4, -0.2) is 21.9 Å². The number of halogens is 4. The number of thiophene rings is 1. The van der Waals surface area contributed by atoms with Gasteiger partial charge in [0.05, 0.1) is 16.3 Å². The van der Waals surface area contributed by atoms with Gasteiger partial charge in [-0.25, -0.2) is 18.2 Å². The first-order chi connectivity index (χ1) is 18.3. The number of ketones is 1. The topological polar surface area (TPSA) is 68.3 Å². The van der Waals surface area contributed by atoms with Crippen molar-refractivity contribution in [3.63, 3.8) is 0 Å². The number of amides is 1. The lowest BCUT2D eigenvalue weighted by Crippen LogP contribution is -2.58. The lowest BCUT2D eigenvalue weighted by molar-refractivity contribution is -0.133. The van der Waals surface area contributed by atoms with Crippen LogP contribution in [0.5, 0.6) is 11.6 Å². The third-order valence-electron chi connectivity index (χ3n) is 5.99. The maximum absolute atomic E-state index is 13.7. The second kappa shape index (κ2) is 10.8. The fraction of sp³-hybridized carbons (Fsp3) is 0.148. The van der Waals surface area contributed by atoms with Crippen molar-refractivity contribution in [3.05, 3.63) is 105 Å². The van der Waals surface area contributed by atoms with Gasteiger partial charge in [-0.1, -0.05) is 29.8 Å². The number of rotatable bonds is 7. The number of nitrogens with zero attached hydrogens (tertiary/aromatic N) is 1. The summed E-state index contributed by atoms with van der Waals surface area (Å²) in [6, 6.07) is 16.5. The highest BCUT2D eigenvalue weighted by Crippen LogP contribution is 2.41. The smallest absolute Gasteiger partial charge is 0.266 e. The van der Waals surface area contributed by atoms with E-state index in [1.807, 2.05) is 10.8 Å². The normalized spacial score (nSPS) is 19.4. The summed E-state index contributed by atoms with van der Waals surface area (Å²) >= 11 is 8.72. The number of benzene rings is 2. The zero-order valence-electron chi connectivity index (χ0n) is 19.4. The predicted molar refractivity (Wildman–Crippen MR) is 140 cm³/mol. The molecule has 5 nitrogen and oxygen atoms in total. The number of thioether (sulfide) groups is 1. The van der Waals surface area contributed by atoms with Gasteiger partial charge in [0.2, 0.25) is 11.8 Å². The van der Waals surface area contributed by atoms with E-state index in [-0.39, 0.29) is 23.8 Å². The Balaban J connectivity index is 1.47. The van der Waals surface area contributed by atoms with Crippen molar-refractivity contribution < 1.29 is 27.5 Å². The van der Waals surface area contributed by atoms with E-state index >= 15 is 0 Å². The predicted octanol–water partition coefficient (Wildman–Crippen LogP) is 7.16. The Morgan fingerprint density at radius 3 is 2.63 bits per heavy atom. The quantitative estimate of drug-likeness (QED) is 0.237. The molecule has 1 aliphatic rings. The van der Waals surface area contributed by atoms with Crippen LogP contribution in [0.3, 0.4) is 0 Å². The van der Waals surface area contributed by atoms with Crippen molar-refractivity contribution in [2.45, 2.75) is 28.5 Å². The molecule has 11 heteroatoms. The third-order valence-corrected chi connectivity index (χ3v) is 8.44. The standard InChI is InChI=1S/C27H18ClF3N2O3S2/c28-18-4-1-2-5-21(18)38-24-20(34)13-27(33-26(24)35,15-10-11-37-14-15)22-6-3-7-23(32-22)36-16-8-9-19(29)17(12-16)25(30)31/h1-12,14,24-25H,13H2,(H,33,35). The molecule has 194 valence electrons. The van der Waals surface area contributed by atoms with E-state index in [1.54, 1.807) is 42.5 Å². The summed E-state index contributed by atoms with van der Waals surface area (Å²) in [6.45, 7) is 0. The van der Waals surface area contributed by atoms with Gasteiger partial charge in [0, 0.05) is 17.4 Å². The van der Waals surface area contributed by atoms with Crippen LogP contribution in [0.1, 0.15) is 29.7 Å². The van der Waals surface area contributed by atoms with Gasteiger partial charge in [-0.15, -0.1) is 11.8 Å². The largest absolute Gasteiger partial charge is 0.439 e. The second-order valence-electron chi connectivity index (χ2n) is 8.43. The molecule has 1 saturated heterocycles. The maximum atomic E-state index is 13.7. The molecule has 2 aromatic carbocycles. The molecular weight excluding hydrogens is 557 g/mol. The molecule has 0 saturated carbocycles. The molecule has 1 aliphatic heterocycles. The summed E-state index contributed by atoms with van der Waals surface area (Å²) in [7, 11) is 0. The average molecular weight is 575 g/mol. The van der Waals surface area contributed by atoms with Crippen molar-refractivity contribution in [1.29, 1.82) is 0 Å². The van der Waals surface area contributed by atoms with Crippen molar-refractivity contribution in [2.75, 3.05) is 0 Å². The molecule has 38 heavy (non-hydrogen) atoms. The maximum Gasteiger partial charge on any atom is 0.266 e. The summed E-state index contributed by atoms with van der Waals surface area (Å²) in [6.07, 6.45) is -3.10. The van der Waals surface area contributed by atoms with Crippen LogP contribution < -0.4 is 10.1 Å². The third kappa shape index (κ3) is 5.16. The summed E-state index contributed by atoms with van der Waals surface area (Å²) in [5.41, 5.74) is -1.08. The number of carbonyl (C=O) groups excluding carboxylic acids is 2. The van der Waals surface area contributed by atoms with Crippen molar-refractivity contribution in [3.8, 4) is 11.6 Å². The van der Waals surface area contributed by atoms with E-state index in [0.29, 0.717) is 21.2 Å². The Hall–Kier alpha value is -3.34. The number of aromatic nitrogens is 1. The Kier molecular flexibility index (Phi) is 7.47. The number of Topliss-reactive ketones (excluding diaryl/α,β-unsaturated/α-hetero) is 1. The minimum atomic E-state index is -3.01. The number of hydrogen-bond donors (Lipinski definition) is 1. The van der Waals surface area contributed by atoms with E-state index in [9.17, 15) is 22.8 Å². The van der Waals surface area contributed by atoms with Gasteiger partial charge in [-0.2, -0.15) is 11.3 Å². The summed E-state index contributed by atoms with van der Waals surface area (Å²) < 4.78 is 45.6. The number of nitrogens with one attached hydrogen (secondary N) is 1. The SMILES string of the molecule is O=C1CC(c2ccsc2)(c2cccc(Oc3ccc(F)c(C(F)F)c3)n2)NC(=O)C1Sc1ccccc1Cl. The Bertz CT molecular complexity index is 1480. The summed E-state index contributed by atoms with van der Waals surface area (Å²) in [4.78, 5) is 31.9. The van der Waals surface area contributed by atoms with Crippen LogP contribution in [0.25, 0.3) is 0 Å². The lowest BCUT2D eigenvalue weighted by Gasteiger charge is -2.39. The number of pyridine rings is 1. The highest BCUT2D eigenvalue weighted by molar-refractivity contribution is 8.01. The molecule has 1 N–H and O–H groups in total. The second-order valence-corrected chi connectivity index (χ2v) is 10.8. The summed E-state index contributed by atoms with van der Waals surface area (Å²) in [5.74, 6) is -1.85.